The highest BCUT2D eigenvalue weighted by atomic mass is 32.2. The van der Waals surface area contributed by atoms with Gasteiger partial charge in [-0.15, -0.1) is 0 Å². The molecule has 4 aromatic carbocycles. The molecule has 0 aliphatic rings. The number of nitrogens with one attached hydrogen (secondary N) is 2. The summed E-state index contributed by atoms with van der Waals surface area (Å²) in [7, 11) is -4.44. The molecule has 156 valence electrons. The Morgan fingerprint density at radius 2 is 1.42 bits per heavy atom. The van der Waals surface area contributed by atoms with E-state index in [1.165, 1.54) is 6.07 Å². The quantitative estimate of drug-likeness (QED) is 0.336. The molecule has 0 aromatic heterocycles. The van der Waals surface area contributed by atoms with Crippen molar-refractivity contribution in [3.8, 4) is 5.75 Å². The molecular formula is C23H18N2O5S. The number of rotatable bonds is 5. The van der Waals surface area contributed by atoms with Crippen molar-refractivity contribution < 1.29 is 22.9 Å². The second-order valence-corrected chi connectivity index (χ2v) is 8.30. The lowest BCUT2D eigenvalue weighted by Crippen LogP contribution is -2.11. The molecule has 4 rings (SSSR count). The minimum Gasteiger partial charge on any atom is -0.507 e. The van der Waals surface area contributed by atoms with Gasteiger partial charge in [-0.3, -0.25) is 9.35 Å². The van der Waals surface area contributed by atoms with E-state index in [2.05, 4.69) is 10.6 Å². The number of phenolic OH excluding ortho intramolecular Hbond substituents is 1. The number of anilines is 3. The summed E-state index contributed by atoms with van der Waals surface area (Å²) < 4.78 is 32.1. The Balaban J connectivity index is 1.53. The molecule has 0 fully saturated rings. The van der Waals surface area contributed by atoms with Crippen LogP contribution in [-0.4, -0.2) is 24.0 Å². The normalized spacial score (nSPS) is 11.3. The predicted molar refractivity (Wildman–Crippen MR) is 120 cm³/mol. The van der Waals surface area contributed by atoms with Gasteiger partial charge in [0.05, 0.1) is 4.90 Å². The summed E-state index contributed by atoms with van der Waals surface area (Å²) in [5.74, 6) is -0.444. The van der Waals surface area contributed by atoms with E-state index in [9.17, 15) is 22.9 Å². The minimum atomic E-state index is -4.44. The molecule has 1 amide bonds. The van der Waals surface area contributed by atoms with Gasteiger partial charge in [0.25, 0.3) is 16.0 Å². The summed E-state index contributed by atoms with van der Waals surface area (Å²) in [6.45, 7) is 0. The molecule has 0 saturated carbocycles. The Labute approximate surface area is 178 Å². The van der Waals surface area contributed by atoms with Gasteiger partial charge in [-0.1, -0.05) is 18.2 Å². The van der Waals surface area contributed by atoms with Gasteiger partial charge in [0.1, 0.15) is 5.75 Å². The second-order valence-electron chi connectivity index (χ2n) is 6.88. The maximum absolute atomic E-state index is 12.2. The maximum Gasteiger partial charge on any atom is 0.294 e. The topological polar surface area (TPSA) is 116 Å². The first-order chi connectivity index (χ1) is 14.8. The van der Waals surface area contributed by atoms with Crippen molar-refractivity contribution in [2.24, 2.45) is 0 Å². The molecule has 0 bridgehead atoms. The summed E-state index contributed by atoms with van der Waals surface area (Å²) in [6.07, 6.45) is 0. The molecule has 0 radical (unpaired) electrons. The SMILES string of the molecule is O=C(Nc1ccc(Nc2ccc3c(O)cc(S(=O)(=O)O)cc3c2)cc1)c1ccccc1. The second kappa shape index (κ2) is 8.10. The molecule has 4 N–H and O–H groups in total. The minimum absolute atomic E-state index is 0.203. The van der Waals surface area contributed by atoms with Crippen molar-refractivity contribution in [1.29, 1.82) is 0 Å². The highest BCUT2D eigenvalue weighted by molar-refractivity contribution is 7.85. The van der Waals surface area contributed by atoms with Crippen molar-refractivity contribution in [2.75, 3.05) is 10.6 Å². The van der Waals surface area contributed by atoms with E-state index in [0.717, 1.165) is 11.8 Å². The van der Waals surface area contributed by atoms with Crippen LogP contribution in [-0.2, 0) is 10.1 Å². The van der Waals surface area contributed by atoms with Crippen LogP contribution in [0.2, 0.25) is 0 Å². The van der Waals surface area contributed by atoms with Crippen LogP contribution in [0, 0.1) is 0 Å². The number of phenols is 1. The van der Waals surface area contributed by atoms with Crippen LogP contribution in [0.15, 0.2) is 89.8 Å². The molecule has 0 saturated heterocycles. The van der Waals surface area contributed by atoms with Crippen molar-refractivity contribution in [2.45, 2.75) is 4.90 Å². The van der Waals surface area contributed by atoms with Crippen LogP contribution in [0.3, 0.4) is 0 Å². The van der Waals surface area contributed by atoms with Crippen molar-refractivity contribution in [3.63, 3.8) is 0 Å². The van der Waals surface area contributed by atoms with E-state index in [0.29, 0.717) is 27.7 Å². The number of hydrogen-bond acceptors (Lipinski definition) is 5. The lowest BCUT2D eigenvalue weighted by atomic mass is 10.1. The van der Waals surface area contributed by atoms with Crippen LogP contribution < -0.4 is 10.6 Å². The van der Waals surface area contributed by atoms with Crippen molar-refractivity contribution >= 4 is 43.9 Å². The lowest BCUT2D eigenvalue weighted by molar-refractivity contribution is 0.102. The molecular weight excluding hydrogens is 416 g/mol. The van der Waals surface area contributed by atoms with E-state index in [1.807, 2.05) is 6.07 Å². The van der Waals surface area contributed by atoms with Gasteiger partial charge in [-0.25, -0.2) is 0 Å². The lowest BCUT2D eigenvalue weighted by Gasteiger charge is -2.11. The largest absolute Gasteiger partial charge is 0.507 e. The van der Waals surface area contributed by atoms with Gasteiger partial charge in [-0.2, -0.15) is 8.42 Å². The molecule has 7 nitrogen and oxygen atoms in total. The van der Waals surface area contributed by atoms with Crippen LogP contribution in [0.25, 0.3) is 10.8 Å². The molecule has 0 unspecified atom stereocenters. The van der Waals surface area contributed by atoms with Gasteiger partial charge in [0.2, 0.25) is 0 Å². The summed E-state index contributed by atoms with van der Waals surface area (Å²) in [5.41, 5.74) is 2.60. The average Bonchev–Trinajstić information content (AvgIpc) is 2.75. The molecule has 8 heteroatoms. The fraction of sp³-hybridized carbons (Fsp3) is 0. The van der Waals surface area contributed by atoms with Gasteiger partial charge in [-0.05, 0) is 66.0 Å². The molecule has 4 aromatic rings. The van der Waals surface area contributed by atoms with E-state index in [-0.39, 0.29) is 16.6 Å². The van der Waals surface area contributed by atoms with Gasteiger partial charge < -0.3 is 15.7 Å². The summed E-state index contributed by atoms with van der Waals surface area (Å²) in [5, 5.41) is 17.0. The third-order valence-corrected chi connectivity index (χ3v) is 5.50. The number of amides is 1. The van der Waals surface area contributed by atoms with Gasteiger partial charge in [0, 0.05) is 34.1 Å². The molecule has 0 aliphatic heterocycles. The monoisotopic (exact) mass is 434 g/mol. The zero-order chi connectivity index (χ0) is 22.0. The van der Waals surface area contributed by atoms with Gasteiger partial charge >= 0.3 is 0 Å². The van der Waals surface area contributed by atoms with Crippen LogP contribution in [0.4, 0.5) is 17.1 Å². The van der Waals surface area contributed by atoms with E-state index >= 15 is 0 Å². The Morgan fingerprint density at radius 1 is 0.774 bits per heavy atom. The van der Waals surface area contributed by atoms with Crippen molar-refractivity contribution in [3.05, 3.63) is 90.5 Å². The Kier molecular flexibility index (Phi) is 5.33. The number of carbonyl (C=O) groups excluding carboxylic acids is 1. The first-order valence-electron chi connectivity index (χ1n) is 9.27. The number of hydrogen-bond donors (Lipinski definition) is 4. The van der Waals surface area contributed by atoms with E-state index in [4.69, 9.17) is 0 Å². The highest BCUT2D eigenvalue weighted by Gasteiger charge is 2.13. The Bertz CT molecular complexity index is 1370. The fourth-order valence-electron chi connectivity index (χ4n) is 3.15. The van der Waals surface area contributed by atoms with Gasteiger partial charge in [0.15, 0.2) is 0 Å². The number of fused-ring (bicyclic) bond motifs is 1. The smallest absolute Gasteiger partial charge is 0.294 e. The molecule has 0 spiro atoms. The molecule has 0 atom stereocenters. The predicted octanol–water partition coefficient (Wildman–Crippen LogP) is 4.79. The number of benzene rings is 4. The number of aromatic hydroxyl groups is 1. The Hall–Kier alpha value is -3.88. The zero-order valence-corrected chi connectivity index (χ0v) is 16.9. The average molecular weight is 434 g/mol. The van der Waals surface area contributed by atoms with Crippen molar-refractivity contribution in [1.82, 2.24) is 0 Å². The van der Waals surface area contributed by atoms with Crippen LogP contribution in [0.5, 0.6) is 5.75 Å². The van der Waals surface area contributed by atoms with E-state index in [1.54, 1.807) is 66.7 Å². The third kappa shape index (κ3) is 4.66. The highest BCUT2D eigenvalue weighted by Crippen LogP contribution is 2.31. The summed E-state index contributed by atoms with van der Waals surface area (Å²) in [4.78, 5) is 11.9. The first-order valence-corrected chi connectivity index (χ1v) is 10.7. The fourth-order valence-corrected chi connectivity index (χ4v) is 3.68. The summed E-state index contributed by atoms with van der Waals surface area (Å²) in [6, 6.07) is 23.3. The standard InChI is InChI=1S/C23H18N2O5S/c26-22-14-20(31(28,29)30)13-16-12-19(10-11-21(16)22)24-17-6-8-18(9-7-17)25-23(27)15-4-2-1-3-5-15/h1-14,24,26H,(H,25,27)(H,28,29,30). The summed E-state index contributed by atoms with van der Waals surface area (Å²) >= 11 is 0. The third-order valence-electron chi connectivity index (χ3n) is 4.67. The molecule has 0 aliphatic carbocycles. The molecule has 31 heavy (non-hydrogen) atoms. The van der Waals surface area contributed by atoms with Crippen LogP contribution >= 0.6 is 0 Å². The Morgan fingerprint density at radius 3 is 2.10 bits per heavy atom. The number of carbonyl (C=O) groups is 1. The maximum atomic E-state index is 12.2. The molecule has 0 heterocycles. The first kappa shape index (κ1) is 20.4. The van der Waals surface area contributed by atoms with E-state index < -0.39 is 10.1 Å². The zero-order valence-electron chi connectivity index (χ0n) is 16.1. The van der Waals surface area contributed by atoms with Crippen LogP contribution in [0.1, 0.15) is 10.4 Å².